The molecule has 2 aromatic rings. The van der Waals surface area contributed by atoms with E-state index in [1.165, 1.54) is 12.1 Å². The number of anilines is 1. The Morgan fingerprint density at radius 2 is 2.00 bits per heavy atom. The van der Waals surface area contributed by atoms with Crippen molar-refractivity contribution in [2.45, 2.75) is 26.2 Å². The van der Waals surface area contributed by atoms with Gasteiger partial charge >= 0.3 is 0 Å². The Morgan fingerprint density at radius 3 is 2.61 bits per heavy atom. The Morgan fingerprint density at radius 1 is 1.29 bits per heavy atom. The van der Waals surface area contributed by atoms with Crippen molar-refractivity contribution in [2.24, 2.45) is 0 Å². The van der Waals surface area contributed by atoms with Crippen molar-refractivity contribution in [2.75, 3.05) is 11.1 Å². The lowest BCUT2D eigenvalue weighted by Gasteiger charge is -2.25. The third-order valence-corrected chi connectivity index (χ3v) is 5.88. The molecule has 0 spiro atoms. The van der Waals surface area contributed by atoms with Crippen LogP contribution in [0.5, 0.6) is 0 Å². The molecule has 1 heterocycles. The van der Waals surface area contributed by atoms with Crippen molar-refractivity contribution in [3.8, 4) is 6.07 Å². The molecule has 1 aliphatic rings. The van der Waals surface area contributed by atoms with Gasteiger partial charge in [-0.3, -0.25) is 19.7 Å². The molecule has 3 rings (SSSR count). The summed E-state index contributed by atoms with van der Waals surface area (Å²) in [7, 11) is 0. The first-order valence-corrected chi connectivity index (χ1v) is 10.5. The Labute approximate surface area is 183 Å². The van der Waals surface area contributed by atoms with Gasteiger partial charge in [-0.2, -0.15) is 5.26 Å². The summed E-state index contributed by atoms with van der Waals surface area (Å²) < 4.78 is 0. The molecule has 1 aliphatic heterocycles. The SMILES string of the molecule is Cc1ccc(NC(=O)CSC2=C(C#N)[C@@H](c3ccc([N+](=O)[O-])cc3)CC(=O)N2)c(C)c1. The number of hydrogen-bond acceptors (Lipinski definition) is 6. The lowest BCUT2D eigenvalue weighted by Crippen LogP contribution is -2.31. The van der Waals surface area contributed by atoms with Gasteiger partial charge in [0.1, 0.15) is 0 Å². The van der Waals surface area contributed by atoms with Crippen molar-refractivity contribution in [3.63, 3.8) is 0 Å². The van der Waals surface area contributed by atoms with Crippen molar-refractivity contribution in [1.29, 1.82) is 5.26 Å². The predicted octanol–water partition coefficient (Wildman–Crippen LogP) is 3.92. The number of carbonyl (C=O) groups excluding carboxylic acids is 2. The summed E-state index contributed by atoms with van der Waals surface area (Å²) >= 11 is 1.08. The Hall–Kier alpha value is -3.64. The summed E-state index contributed by atoms with van der Waals surface area (Å²) in [6, 6.07) is 13.6. The number of carbonyl (C=O) groups is 2. The second kappa shape index (κ2) is 9.45. The molecule has 31 heavy (non-hydrogen) atoms. The highest BCUT2D eigenvalue weighted by Crippen LogP contribution is 2.36. The molecular formula is C22H20N4O4S. The van der Waals surface area contributed by atoms with E-state index in [0.717, 1.165) is 22.9 Å². The van der Waals surface area contributed by atoms with E-state index in [1.54, 1.807) is 12.1 Å². The standard InChI is InChI=1S/C22H20N4O4S/c1-13-3-8-19(14(2)9-13)24-21(28)12-31-22-18(11-23)17(10-20(27)25-22)15-4-6-16(7-5-15)26(29)30/h3-9,17H,10,12H2,1-2H3,(H,24,28)(H,25,27)/t17-/m1/s1. The molecule has 0 aliphatic carbocycles. The van der Waals surface area contributed by atoms with Crippen LogP contribution in [-0.4, -0.2) is 22.5 Å². The normalized spacial score (nSPS) is 15.8. The minimum absolute atomic E-state index is 0.0150. The van der Waals surface area contributed by atoms with Crippen LogP contribution in [0.3, 0.4) is 0 Å². The number of rotatable bonds is 6. The molecule has 0 bridgehead atoms. The molecule has 0 fully saturated rings. The molecule has 9 heteroatoms. The van der Waals surface area contributed by atoms with E-state index in [4.69, 9.17) is 0 Å². The number of nitro groups is 1. The van der Waals surface area contributed by atoms with Gasteiger partial charge in [0.15, 0.2) is 0 Å². The number of amides is 2. The zero-order valence-corrected chi connectivity index (χ0v) is 17.8. The van der Waals surface area contributed by atoms with Gasteiger partial charge in [-0.15, -0.1) is 0 Å². The van der Waals surface area contributed by atoms with Crippen LogP contribution >= 0.6 is 11.8 Å². The fourth-order valence-electron chi connectivity index (χ4n) is 3.32. The zero-order chi connectivity index (χ0) is 22.5. The number of thioether (sulfide) groups is 1. The topological polar surface area (TPSA) is 125 Å². The summed E-state index contributed by atoms with van der Waals surface area (Å²) in [4.78, 5) is 35.0. The number of hydrogen-bond donors (Lipinski definition) is 2. The number of non-ortho nitro benzene ring substituents is 1. The average Bonchev–Trinajstić information content (AvgIpc) is 2.74. The number of benzene rings is 2. The molecule has 0 unspecified atom stereocenters. The fourth-order valence-corrected chi connectivity index (χ4v) is 4.20. The quantitative estimate of drug-likeness (QED) is 0.522. The molecule has 8 nitrogen and oxygen atoms in total. The van der Waals surface area contributed by atoms with Crippen LogP contribution in [0.4, 0.5) is 11.4 Å². The van der Waals surface area contributed by atoms with Gasteiger partial charge in [-0.1, -0.05) is 41.6 Å². The van der Waals surface area contributed by atoms with Crippen molar-refractivity contribution in [3.05, 3.63) is 79.9 Å². The third kappa shape index (κ3) is 5.29. The highest BCUT2D eigenvalue weighted by atomic mass is 32.2. The Kier molecular flexibility index (Phi) is 6.72. The average molecular weight is 436 g/mol. The first-order chi connectivity index (χ1) is 14.8. The van der Waals surface area contributed by atoms with Crippen molar-refractivity contribution >= 4 is 35.0 Å². The van der Waals surface area contributed by atoms with Gasteiger partial charge in [-0.05, 0) is 31.0 Å². The van der Waals surface area contributed by atoms with E-state index in [2.05, 4.69) is 16.7 Å². The third-order valence-electron chi connectivity index (χ3n) is 4.87. The highest BCUT2D eigenvalue weighted by Gasteiger charge is 2.30. The maximum atomic E-state index is 12.4. The first-order valence-electron chi connectivity index (χ1n) is 9.47. The maximum Gasteiger partial charge on any atom is 0.269 e. The monoisotopic (exact) mass is 436 g/mol. The predicted molar refractivity (Wildman–Crippen MR) is 118 cm³/mol. The summed E-state index contributed by atoms with van der Waals surface area (Å²) in [6.45, 7) is 3.87. The molecule has 1 atom stereocenters. The van der Waals surface area contributed by atoms with Gasteiger partial charge in [0.05, 0.1) is 27.3 Å². The summed E-state index contributed by atoms with van der Waals surface area (Å²) in [5, 5.41) is 26.4. The molecule has 158 valence electrons. The van der Waals surface area contributed by atoms with E-state index in [9.17, 15) is 25.0 Å². The van der Waals surface area contributed by atoms with Crippen molar-refractivity contribution in [1.82, 2.24) is 5.32 Å². The van der Waals surface area contributed by atoms with Gasteiger partial charge in [0.2, 0.25) is 11.8 Å². The molecule has 2 amide bonds. The summed E-state index contributed by atoms with van der Waals surface area (Å²) in [5.74, 6) is -1.04. The van der Waals surface area contributed by atoms with Gasteiger partial charge < -0.3 is 10.6 Å². The number of allylic oxidation sites excluding steroid dienone is 1. The van der Waals surface area contributed by atoms with Crippen LogP contribution < -0.4 is 10.6 Å². The van der Waals surface area contributed by atoms with Crippen LogP contribution in [0.1, 0.15) is 29.0 Å². The van der Waals surface area contributed by atoms with Gasteiger partial charge in [0.25, 0.3) is 5.69 Å². The van der Waals surface area contributed by atoms with E-state index < -0.39 is 10.8 Å². The minimum Gasteiger partial charge on any atom is -0.325 e. The number of nitrogens with zero attached hydrogens (tertiary/aromatic N) is 2. The first kappa shape index (κ1) is 22.1. The number of nitrogens with one attached hydrogen (secondary N) is 2. The lowest BCUT2D eigenvalue weighted by molar-refractivity contribution is -0.384. The van der Waals surface area contributed by atoms with Crippen LogP contribution in [0.2, 0.25) is 0 Å². The smallest absolute Gasteiger partial charge is 0.269 e. The van der Waals surface area contributed by atoms with Gasteiger partial charge in [-0.25, -0.2) is 0 Å². The largest absolute Gasteiger partial charge is 0.325 e. The number of aryl methyl sites for hydroxylation is 2. The molecule has 0 saturated carbocycles. The summed E-state index contributed by atoms with van der Waals surface area (Å²) in [6.07, 6.45) is 0.0551. The zero-order valence-electron chi connectivity index (χ0n) is 17.0. The molecule has 2 N–H and O–H groups in total. The molecule has 0 radical (unpaired) electrons. The van der Waals surface area contributed by atoms with Gasteiger partial charge in [0, 0.05) is 30.2 Å². The van der Waals surface area contributed by atoms with Crippen LogP contribution in [0.25, 0.3) is 0 Å². The van der Waals surface area contributed by atoms with Crippen LogP contribution in [0, 0.1) is 35.3 Å². The van der Waals surface area contributed by atoms with E-state index in [0.29, 0.717) is 21.9 Å². The second-order valence-corrected chi connectivity index (χ2v) is 8.15. The lowest BCUT2D eigenvalue weighted by atomic mass is 9.87. The van der Waals surface area contributed by atoms with E-state index in [1.807, 2.05) is 32.0 Å². The fraction of sp³-hybridized carbons (Fsp3) is 0.227. The molecule has 0 saturated heterocycles. The van der Waals surface area contributed by atoms with E-state index in [-0.39, 0.29) is 29.7 Å². The Bertz CT molecular complexity index is 1120. The summed E-state index contributed by atoms with van der Waals surface area (Å²) in [5.41, 5.74) is 3.65. The number of nitro benzene ring substituents is 1. The van der Waals surface area contributed by atoms with Crippen molar-refractivity contribution < 1.29 is 14.5 Å². The second-order valence-electron chi connectivity index (χ2n) is 7.16. The van der Waals surface area contributed by atoms with Crippen LogP contribution in [0.15, 0.2) is 53.1 Å². The Balaban J connectivity index is 1.76. The van der Waals surface area contributed by atoms with E-state index >= 15 is 0 Å². The molecule has 2 aromatic carbocycles. The van der Waals surface area contributed by atoms with Crippen LogP contribution in [-0.2, 0) is 9.59 Å². The molecule has 0 aromatic heterocycles. The molecular weight excluding hydrogens is 416 g/mol. The maximum absolute atomic E-state index is 12.4. The number of nitriles is 1. The highest BCUT2D eigenvalue weighted by molar-refractivity contribution is 8.03. The minimum atomic E-state index is -0.524.